The lowest BCUT2D eigenvalue weighted by atomic mass is 10.0. The largest absolute Gasteiger partial charge is 0.384 e. The fourth-order valence-corrected chi connectivity index (χ4v) is 1.50. The van der Waals surface area contributed by atoms with Gasteiger partial charge in [0.2, 0.25) is 0 Å². The third-order valence-electron chi connectivity index (χ3n) is 2.52. The van der Waals surface area contributed by atoms with Gasteiger partial charge in [0, 0.05) is 12.6 Å². The van der Waals surface area contributed by atoms with Crippen molar-refractivity contribution in [2.75, 3.05) is 5.73 Å². The van der Waals surface area contributed by atoms with Crippen LogP contribution in [-0.4, -0.2) is 9.78 Å². The maximum Gasteiger partial charge on any atom is 0.121 e. The summed E-state index contributed by atoms with van der Waals surface area (Å²) in [4.78, 5) is 0. The minimum absolute atomic E-state index is 0.696. The van der Waals surface area contributed by atoms with E-state index >= 15 is 0 Å². The highest BCUT2D eigenvalue weighted by atomic mass is 15.3. The van der Waals surface area contributed by atoms with Crippen LogP contribution in [0.15, 0.2) is 6.07 Å². The number of nitrogen functional groups attached to an aromatic ring is 1. The van der Waals surface area contributed by atoms with Crippen molar-refractivity contribution in [2.24, 2.45) is 5.92 Å². The van der Waals surface area contributed by atoms with Gasteiger partial charge in [0.05, 0.1) is 5.69 Å². The van der Waals surface area contributed by atoms with Gasteiger partial charge in [-0.2, -0.15) is 5.10 Å². The summed E-state index contributed by atoms with van der Waals surface area (Å²) < 4.78 is 1.91. The SMILES string of the molecule is CCC(CC)Cn1nc(C)cc1N. The second-order valence-electron chi connectivity index (χ2n) is 3.58. The molecule has 0 bridgehead atoms. The fourth-order valence-electron chi connectivity index (χ4n) is 1.50. The molecule has 1 heterocycles. The molecule has 0 aliphatic heterocycles. The van der Waals surface area contributed by atoms with Crippen LogP contribution < -0.4 is 5.73 Å². The molecule has 0 amide bonds. The molecule has 0 radical (unpaired) electrons. The summed E-state index contributed by atoms with van der Waals surface area (Å²) in [5.74, 6) is 1.48. The van der Waals surface area contributed by atoms with Crippen LogP contribution in [0.4, 0.5) is 5.82 Å². The van der Waals surface area contributed by atoms with E-state index in [1.807, 2.05) is 17.7 Å². The van der Waals surface area contributed by atoms with E-state index in [4.69, 9.17) is 5.73 Å². The van der Waals surface area contributed by atoms with Crippen LogP contribution in [0.5, 0.6) is 0 Å². The zero-order valence-electron chi connectivity index (χ0n) is 8.75. The van der Waals surface area contributed by atoms with Crippen LogP contribution in [0.25, 0.3) is 0 Å². The predicted molar refractivity (Wildman–Crippen MR) is 55.4 cm³/mol. The van der Waals surface area contributed by atoms with Crippen LogP contribution in [0, 0.1) is 12.8 Å². The summed E-state index contributed by atoms with van der Waals surface area (Å²) >= 11 is 0. The van der Waals surface area contributed by atoms with Crippen molar-refractivity contribution in [1.82, 2.24) is 9.78 Å². The molecule has 0 aliphatic rings. The van der Waals surface area contributed by atoms with Crippen LogP contribution in [-0.2, 0) is 6.54 Å². The number of nitrogens with two attached hydrogens (primary N) is 1. The number of nitrogens with zero attached hydrogens (tertiary/aromatic N) is 2. The molecule has 0 spiro atoms. The average molecular weight is 181 g/mol. The summed E-state index contributed by atoms with van der Waals surface area (Å²) in [6.07, 6.45) is 2.38. The minimum Gasteiger partial charge on any atom is -0.384 e. The smallest absolute Gasteiger partial charge is 0.121 e. The van der Waals surface area contributed by atoms with Crippen molar-refractivity contribution in [3.63, 3.8) is 0 Å². The Kier molecular flexibility index (Phi) is 3.34. The third-order valence-corrected chi connectivity index (χ3v) is 2.52. The highest BCUT2D eigenvalue weighted by Gasteiger charge is 2.07. The van der Waals surface area contributed by atoms with Crippen LogP contribution in [0.2, 0.25) is 0 Å². The molecular formula is C10H19N3. The quantitative estimate of drug-likeness (QED) is 0.774. The van der Waals surface area contributed by atoms with Gasteiger partial charge in [0.15, 0.2) is 0 Å². The van der Waals surface area contributed by atoms with Crippen molar-refractivity contribution in [3.05, 3.63) is 11.8 Å². The topological polar surface area (TPSA) is 43.8 Å². The second-order valence-corrected chi connectivity index (χ2v) is 3.58. The number of hydrogen-bond acceptors (Lipinski definition) is 2. The minimum atomic E-state index is 0.696. The molecule has 2 N–H and O–H groups in total. The van der Waals surface area contributed by atoms with Gasteiger partial charge in [-0.25, -0.2) is 4.68 Å². The average Bonchev–Trinajstić information content (AvgIpc) is 2.41. The lowest BCUT2D eigenvalue weighted by Crippen LogP contribution is -2.12. The van der Waals surface area contributed by atoms with Crippen molar-refractivity contribution >= 4 is 5.82 Å². The normalized spacial score (nSPS) is 11.1. The Labute approximate surface area is 79.9 Å². The van der Waals surface area contributed by atoms with Crippen LogP contribution in [0.3, 0.4) is 0 Å². The number of rotatable bonds is 4. The van der Waals surface area contributed by atoms with Gasteiger partial charge < -0.3 is 5.73 Å². The Balaban J connectivity index is 2.67. The predicted octanol–water partition coefficient (Wildman–Crippen LogP) is 2.21. The Morgan fingerprint density at radius 3 is 2.46 bits per heavy atom. The zero-order chi connectivity index (χ0) is 9.84. The molecule has 0 unspecified atom stereocenters. The molecule has 0 atom stereocenters. The highest BCUT2D eigenvalue weighted by molar-refractivity contribution is 5.30. The Morgan fingerprint density at radius 1 is 1.46 bits per heavy atom. The summed E-state index contributed by atoms with van der Waals surface area (Å²) in [6, 6.07) is 1.92. The van der Waals surface area contributed by atoms with Gasteiger partial charge in [0.1, 0.15) is 5.82 Å². The van der Waals surface area contributed by atoms with Crippen molar-refractivity contribution in [2.45, 2.75) is 40.2 Å². The maximum atomic E-state index is 5.80. The molecule has 3 nitrogen and oxygen atoms in total. The van der Waals surface area contributed by atoms with E-state index in [2.05, 4.69) is 18.9 Å². The first kappa shape index (κ1) is 10.1. The van der Waals surface area contributed by atoms with E-state index in [0.29, 0.717) is 5.92 Å². The van der Waals surface area contributed by atoms with Gasteiger partial charge >= 0.3 is 0 Å². The fraction of sp³-hybridized carbons (Fsp3) is 0.700. The molecule has 1 aromatic heterocycles. The molecule has 74 valence electrons. The van der Waals surface area contributed by atoms with Gasteiger partial charge in [-0.15, -0.1) is 0 Å². The summed E-state index contributed by atoms with van der Waals surface area (Å²) in [6.45, 7) is 7.34. The van der Waals surface area contributed by atoms with Crippen molar-refractivity contribution < 1.29 is 0 Å². The lowest BCUT2D eigenvalue weighted by Gasteiger charge is -2.12. The number of hydrogen-bond donors (Lipinski definition) is 1. The van der Waals surface area contributed by atoms with E-state index in [1.54, 1.807) is 0 Å². The molecule has 0 saturated carbocycles. The number of anilines is 1. The van der Waals surface area contributed by atoms with Crippen molar-refractivity contribution in [3.8, 4) is 0 Å². The standard InChI is InChI=1S/C10H19N3/c1-4-9(5-2)7-13-10(11)6-8(3)12-13/h6,9H,4-5,7,11H2,1-3H3. The van der Waals surface area contributed by atoms with Crippen LogP contribution >= 0.6 is 0 Å². The Hall–Kier alpha value is -0.990. The first-order valence-electron chi connectivity index (χ1n) is 4.97. The van der Waals surface area contributed by atoms with Gasteiger partial charge in [-0.3, -0.25) is 0 Å². The molecule has 1 rings (SSSR count). The summed E-state index contributed by atoms with van der Waals surface area (Å²) in [7, 11) is 0. The monoisotopic (exact) mass is 181 g/mol. The summed E-state index contributed by atoms with van der Waals surface area (Å²) in [5.41, 5.74) is 6.80. The molecule has 3 heteroatoms. The Bertz CT molecular complexity index is 261. The highest BCUT2D eigenvalue weighted by Crippen LogP contribution is 2.13. The van der Waals surface area contributed by atoms with Gasteiger partial charge in [-0.1, -0.05) is 26.7 Å². The van der Waals surface area contributed by atoms with Crippen LogP contribution in [0.1, 0.15) is 32.4 Å². The molecular weight excluding hydrogens is 162 g/mol. The van der Waals surface area contributed by atoms with E-state index in [1.165, 1.54) is 12.8 Å². The van der Waals surface area contributed by atoms with E-state index < -0.39 is 0 Å². The van der Waals surface area contributed by atoms with Gasteiger partial charge in [0.25, 0.3) is 0 Å². The summed E-state index contributed by atoms with van der Waals surface area (Å²) in [5, 5.41) is 4.34. The van der Waals surface area contributed by atoms with Crippen molar-refractivity contribution in [1.29, 1.82) is 0 Å². The molecule has 1 aromatic rings. The molecule has 13 heavy (non-hydrogen) atoms. The van der Waals surface area contributed by atoms with E-state index in [0.717, 1.165) is 18.1 Å². The molecule has 0 saturated heterocycles. The van der Waals surface area contributed by atoms with Gasteiger partial charge in [-0.05, 0) is 12.8 Å². The van der Waals surface area contributed by atoms with E-state index in [9.17, 15) is 0 Å². The Morgan fingerprint density at radius 2 is 2.08 bits per heavy atom. The lowest BCUT2D eigenvalue weighted by molar-refractivity contribution is 0.398. The first-order chi connectivity index (χ1) is 6.17. The molecule has 0 aliphatic carbocycles. The third kappa shape index (κ3) is 2.47. The second kappa shape index (κ2) is 4.30. The first-order valence-corrected chi connectivity index (χ1v) is 4.97. The number of aryl methyl sites for hydroxylation is 1. The molecule has 0 fully saturated rings. The number of aromatic nitrogens is 2. The molecule has 0 aromatic carbocycles. The van der Waals surface area contributed by atoms with E-state index in [-0.39, 0.29) is 0 Å². The zero-order valence-corrected chi connectivity index (χ0v) is 8.75. The maximum absolute atomic E-state index is 5.80.